The third-order valence-corrected chi connectivity index (χ3v) is 3.27. The maximum absolute atomic E-state index is 11.9. The van der Waals surface area contributed by atoms with Gasteiger partial charge in [0.05, 0.1) is 18.3 Å². The molecule has 0 spiro atoms. The van der Waals surface area contributed by atoms with Gasteiger partial charge in [-0.25, -0.2) is 0 Å². The van der Waals surface area contributed by atoms with Crippen molar-refractivity contribution in [2.75, 3.05) is 18.4 Å². The van der Waals surface area contributed by atoms with E-state index in [0.29, 0.717) is 6.54 Å². The minimum absolute atomic E-state index is 0.0275. The van der Waals surface area contributed by atoms with Crippen LogP contribution in [0.4, 0.5) is 5.69 Å². The number of para-hydroxylation sites is 2. The average molecular weight is 312 g/mol. The Labute approximate surface area is 137 Å². The molecular weight excluding hydrogens is 288 g/mol. The first kappa shape index (κ1) is 16.9. The minimum atomic E-state index is -0.0275. The topological polar surface area (TPSA) is 50.4 Å². The molecule has 2 rings (SSSR count). The number of amides is 1. The first-order chi connectivity index (χ1) is 11.1. The predicted octanol–water partition coefficient (Wildman–Crippen LogP) is 3.24. The lowest BCUT2D eigenvalue weighted by Gasteiger charge is -2.15. The second-order valence-corrected chi connectivity index (χ2v) is 5.60. The second kappa shape index (κ2) is 8.83. The Morgan fingerprint density at radius 2 is 1.74 bits per heavy atom. The summed E-state index contributed by atoms with van der Waals surface area (Å²) >= 11 is 0. The van der Waals surface area contributed by atoms with Crippen LogP contribution in [0.25, 0.3) is 0 Å². The zero-order valence-corrected chi connectivity index (χ0v) is 13.7. The van der Waals surface area contributed by atoms with Crippen LogP contribution < -0.4 is 15.4 Å². The molecule has 4 heteroatoms. The summed E-state index contributed by atoms with van der Waals surface area (Å²) < 4.78 is 5.72. The van der Waals surface area contributed by atoms with Gasteiger partial charge in [-0.2, -0.15) is 0 Å². The summed E-state index contributed by atoms with van der Waals surface area (Å²) in [6.07, 6.45) is 0.928. The summed E-state index contributed by atoms with van der Waals surface area (Å²) in [6, 6.07) is 17.8. The van der Waals surface area contributed by atoms with Gasteiger partial charge >= 0.3 is 0 Å². The molecule has 122 valence electrons. The summed E-state index contributed by atoms with van der Waals surface area (Å²) in [5, 5.41) is 6.05. The molecule has 0 bridgehead atoms. The minimum Gasteiger partial charge on any atom is -0.489 e. The summed E-state index contributed by atoms with van der Waals surface area (Å²) in [4.78, 5) is 11.9. The summed E-state index contributed by atoms with van der Waals surface area (Å²) in [7, 11) is 0. The highest BCUT2D eigenvalue weighted by atomic mass is 16.5. The Morgan fingerprint density at radius 1 is 1.04 bits per heavy atom. The number of carbonyl (C=O) groups excluding carboxylic acids is 1. The Morgan fingerprint density at radius 3 is 2.48 bits per heavy atom. The second-order valence-electron chi connectivity index (χ2n) is 5.60. The molecule has 4 nitrogen and oxygen atoms in total. The van der Waals surface area contributed by atoms with E-state index in [1.54, 1.807) is 0 Å². The van der Waals surface area contributed by atoms with Crippen LogP contribution in [0.3, 0.4) is 0 Å². The predicted molar refractivity (Wildman–Crippen MR) is 93.9 cm³/mol. The maximum Gasteiger partial charge on any atom is 0.239 e. The Balaban J connectivity index is 1.76. The number of hydrogen-bond acceptors (Lipinski definition) is 3. The molecule has 0 unspecified atom stereocenters. The normalized spacial score (nSPS) is 10.4. The third-order valence-electron chi connectivity index (χ3n) is 3.27. The molecule has 2 aromatic carbocycles. The van der Waals surface area contributed by atoms with E-state index in [0.717, 1.165) is 17.9 Å². The Bertz CT molecular complexity index is 612. The highest BCUT2D eigenvalue weighted by Gasteiger charge is 2.06. The quantitative estimate of drug-likeness (QED) is 0.787. The highest BCUT2D eigenvalue weighted by Crippen LogP contribution is 2.24. The molecule has 0 saturated carbocycles. The largest absolute Gasteiger partial charge is 0.489 e. The Hall–Kier alpha value is -2.49. The molecule has 1 amide bonds. The summed E-state index contributed by atoms with van der Waals surface area (Å²) in [5.74, 6) is 0.736. The van der Waals surface area contributed by atoms with Crippen molar-refractivity contribution >= 4 is 11.6 Å². The van der Waals surface area contributed by atoms with E-state index in [2.05, 4.69) is 22.8 Å². The van der Waals surface area contributed by atoms with E-state index in [9.17, 15) is 4.79 Å². The molecule has 0 aliphatic carbocycles. The average Bonchev–Trinajstić information content (AvgIpc) is 2.54. The van der Waals surface area contributed by atoms with Crippen LogP contribution in [0.2, 0.25) is 0 Å². The van der Waals surface area contributed by atoms with E-state index in [4.69, 9.17) is 4.74 Å². The van der Waals surface area contributed by atoms with E-state index in [1.807, 2.05) is 56.3 Å². The molecule has 2 aromatic rings. The third kappa shape index (κ3) is 6.02. The van der Waals surface area contributed by atoms with Crippen LogP contribution in [-0.2, 0) is 11.2 Å². The smallest absolute Gasteiger partial charge is 0.239 e. The van der Waals surface area contributed by atoms with Crippen LogP contribution in [0.5, 0.6) is 5.75 Å². The fourth-order valence-electron chi connectivity index (χ4n) is 2.20. The lowest BCUT2D eigenvalue weighted by Crippen LogP contribution is -2.31. The molecule has 0 aliphatic heterocycles. The molecule has 0 heterocycles. The van der Waals surface area contributed by atoms with Crippen LogP contribution in [0, 0.1) is 0 Å². The van der Waals surface area contributed by atoms with Gasteiger partial charge in [0.15, 0.2) is 0 Å². The van der Waals surface area contributed by atoms with Gasteiger partial charge in [-0.1, -0.05) is 42.5 Å². The number of hydrogen-bond donors (Lipinski definition) is 2. The van der Waals surface area contributed by atoms with Crippen molar-refractivity contribution in [1.29, 1.82) is 0 Å². The number of nitrogens with one attached hydrogen (secondary N) is 2. The van der Waals surface area contributed by atoms with E-state index >= 15 is 0 Å². The van der Waals surface area contributed by atoms with Gasteiger partial charge in [0.25, 0.3) is 0 Å². The van der Waals surface area contributed by atoms with E-state index < -0.39 is 0 Å². The fraction of sp³-hybridized carbons (Fsp3) is 0.316. The zero-order valence-electron chi connectivity index (χ0n) is 13.7. The van der Waals surface area contributed by atoms with Crippen molar-refractivity contribution in [2.45, 2.75) is 26.4 Å². The van der Waals surface area contributed by atoms with E-state index in [-0.39, 0.29) is 18.6 Å². The molecule has 0 aliphatic rings. The number of anilines is 1. The number of benzene rings is 2. The standard InChI is InChI=1S/C19H24N2O2/c1-15(2)23-18-11-7-6-10-17(18)21-14-19(22)20-13-12-16-8-4-3-5-9-16/h3-11,15,21H,12-14H2,1-2H3,(H,20,22). The molecule has 0 fully saturated rings. The van der Waals surface area contributed by atoms with Gasteiger partial charge in [0, 0.05) is 6.54 Å². The van der Waals surface area contributed by atoms with Crippen molar-refractivity contribution in [3.05, 3.63) is 60.2 Å². The number of carbonyl (C=O) groups is 1. The molecule has 0 aromatic heterocycles. The van der Waals surface area contributed by atoms with Crippen molar-refractivity contribution < 1.29 is 9.53 Å². The van der Waals surface area contributed by atoms with Crippen LogP contribution >= 0.6 is 0 Å². The molecule has 0 atom stereocenters. The molecular formula is C19H24N2O2. The molecule has 23 heavy (non-hydrogen) atoms. The highest BCUT2D eigenvalue weighted by molar-refractivity contribution is 5.81. The van der Waals surface area contributed by atoms with Gasteiger partial charge in [0.1, 0.15) is 5.75 Å². The van der Waals surface area contributed by atoms with Crippen LogP contribution in [0.1, 0.15) is 19.4 Å². The lowest BCUT2D eigenvalue weighted by atomic mass is 10.1. The molecule has 2 N–H and O–H groups in total. The summed E-state index contributed by atoms with van der Waals surface area (Å²) in [6.45, 7) is 4.82. The van der Waals surface area contributed by atoms with Gasteiger partial charge in [0.2, 0.25) is 5.91 Å². The van der Waals surface area contributed by atoms with Gasteiger partial charge in [-0.3, -0.25) is 4.79 Å². The lowest BCUT2D eigenvalue weighted by molar-refractivity contribution is -0.119. The first-order valence-corrected chi connectivity index (χ1v) is 7.95. The van der Waals surface area contributed by atoms with Crippen molar-refractivity contribution in [3.63, 3.8) is 0 Å². The number of ether oxygens (including phenoxy) is 1. The first-order valence-electron chi connectivity index (χ1n) is 7.95. The SMILES string of the molecule is CC(C)Oc1ccccc1NCC(=O)NCCc1ccccc1. The van der Waals surface area contributed by atoms with Gasteiger partial charge in [-0.15, -0.1) is 0 Å². The van der Waals surface area contributed by atoms with Gasteiger partial charge < -0.3 is 15.4 Å². The van der Waals surface area contributed by atoms with Gasteiger partial charge in [-0.05, 0) is 38.0 Å². The van der Waals surface area contributed by atoms with Crippen molar-refractivity contribution in [2.24, 2.45) is 0 Å². The number of rotatable bonds is 8. The van der Waals surface area contributed by atoms with Crippen LogP contribution in [0.15, 0.2) is 54.6 Å². The zero-order chi connectivity index (χ0) is 16.5. The maximum atomic E-state index is 11.9. The fourth-order valence-corrected chi connectivity index (χ4v) is 2.20. The van der Waals surface area contributed by atoms with E-state index in [1.165, 1.54) is 5.56 Å². The van der Waals surface area contributed by atoms with Crippen molar-refractivity contribution in [3.8, 4) is 5.75 Å². The Kier molecular flexibility index (Phi) is 6.48. The summed E-state index contributed by atoms with van der Waals surface area (Å²) in [5.41, 5.74) is 2.05. The monoisotopic (exact) mass is 312 g/mol. The molecule has 0 saturated heterocycles. The van der Waals surface area contributed by atoms with Crippen LogP contribution in [-0.4, -0.2) is 25.1 Å². The van der Waals surface area contributed by atoms with Crippen molar-refractivity contribution in [1.82, 2.24) is 5.32 Å². The molecule has 0 radical (unpaired) electrons.